The highest BCUT2D eigenvalue weighted by atomic mass is 19.1. The maximum atomic E-state index is 13.1. The molecule has 1 atom stereocenters. The van der Waals surface area contributed by atoms with Crippen LogP contribution in [0.1, 0.15) is 19.4 Å². The van der Waals surface area contributed by atoms with Gasteiger partial charge in [-0.05, 0) is 24.1 Å². The molecule has 0 radical (unpaired) electrons. The highest BCUT2D eigenvalue weighted by molar-refractivity contribution is 5.50. The molecule has 0 saturated heterocycles. The van der Waals surface area contributed by atoms with Gasteiger partial charge in [0, 0.05) is 12.8 Å². The molecule has 0 aliphatic heterocycles. The number of nitrogens with zero attached hydrogens (tertiary/aromatic N) is 1. The third-order valence-electron chi connectivity index (χ3n) is 2.59. The van der Waals surface area contributed by atoms with Crippen LogP contribution in [-0.4, -0.2) is 19.8 Å². The Morgan fingerprint density at radius 2 is 2.18 bits per heavy atom. The SMILES string of the molecule is COCC(Nc1ccc(F)c(C#N)c1)C(C)C. The summed E-state index contributed by atoms with van der Waals surface area (Å²) >= 11 is 0. The molecular formula is C13H17FN2O. The predicted molar refractivity (Wildman–Crippen MR) is 65.2 cm³/mol. The first-order valence-electron chi connectivity index (χ1n) is 5.53. The summed E-state index contributed by atoms with van der Waals surface area (Å²) in [6, 6.07) is 6.40. The number of hydrogen-bond donors (Lipinski definition) is 1. The van der Waals surface area contributed by atoms with Gasteiger partial charge in [-0.1, -0.05) is 13.8 Å². The van der Waals surface area contributed by atoms with E-state index in [-0.39, 0.29) is 11.6 Å². The molecule has 3 nitrogen and oxygen atoms in total. The molecule has 0 bridgehead atoms. The maximum Gasteiger partial charge on any atom is 0.141 e. The van der Waals surface area contributed by atoms with Gasteiger partial charge in [0.2, 0.25) is 0 Å². The number of halogens is 1. The van der Waals surface area contributed by atoms with Gasteiger partial charge in [-0.25, -0.2) is 4.39 Å². The van der Waals surface area contributed by atoms with Crippen molar-refractivity contribution in [2.24, 2.45) is 5.92 Å². The van der Waals surface area contributed by atoms with Gasteiger partial charge in [0.05, 0.1) is 18.2 Å². The molecule has 1 aromatic rings. The van der Waals surface area contributed by atoms with Gasteiger partial charge in [-0.15, -0.1) is 0 Å². The van der Waals surface area contributed by atoms with Crippen LogP contribution in [0.3, 0.4) is 0 Å². The number of hydrogen-bond acceptors (Lipinski definition) is 3. The van der Waals surface area contributed by atoms with Crippen LogP contribution < -0.4 is 5.32 Å². The molecule has 0 amide bonds. The lowest BCUT2D eigenvalue weighted by atomic mass is 10.0. The normalized spacial score (nSPS) is 12.2. The molecule has 0 heterocycles. The Morgan fingerprint density at radius 1 is 1.47 bits per heavy atom. The molecule has 0 fully saturated rings. The zero-order valence-electron chi connectivity index (χ0n) is 10.3. The number of nitrogens with one attached hydrogen (secondary N) is 1. The van der Waals surface area contributed by atoms with Crippen molar-refractivity contribution < 1.29 is 9.13 Å². The molecule has 1 aromatic carbocycles. The van der Waals surface area contributed by atoms with E-state index < -0.39 is 5.82 Å². The molecule has 4 heteroatoms. The van der Waals surface area contributed by atoms with Crippen LogP contribution >= 0.6 is 0 Å². The number of nitriles is 1. The van der Waals surface area contributed by atoms with Crippen LogP contribution in [-0.2, 0) is 4.74 Å². The summed E-state index contributed by atoms with van der Waals surface area (Å²) in [5.74, 6) is -0.114. The Balaban J connectivity index is 2.83. The van der Waals surface area contributed by atoms with Gasteiger partial charge >= 0.3 is 0 Å². The summed E-state index contributed by atoms with van der Waals surface area (Å²) in [7, 11) is 1.64. The van der Waals surface area contributed by atoms with Gasteiger partial charge in [-0.3, -0.25) is 0 Å². The molecule has 92 valence electrons. The fourth-order valence-electron chi connectivity index (χ4n) is 1.50. The number of benzene rings is 1. The number of ether oxygens (including phenoxy) is 1. The molecule has 1 N–H and O–H groups in total. The van der Waals surface area contributed by atoms with Crippen molar-refractivity contribution in [3.05, 3.63) is 29.6 Å². The lowest BCUT2D eigenvalue weighted by molar-refractivity contribution is 0.171. The van der Waals surface area contributed by atoms with Gasteiger partial charge in [-0.2, -0.15) is 5.26 Å². The molecule has 0 spiro atoms. The van der Waals surface area contributed by atoms with Gasteiger partial charge in [0.1, 0.15) is 11.9 Å². The second kappa shape index (κ2) is 6.21. The lowest BCUT2D eigenvalue weighted by Gasteiger charge is -2.22. The fraction of sp³-hybridized carbons (Fsp3) is 0.462. The van der Waals surface area contributed by atoms with E-state index in [4.69, 9.17) is 10.00 Å². The van der Waals surface area contributed by atoms with E-state index >= 15 is 0 Å². The van der Waals surface area contributed by atoms with Crippen LogP contribution in [0.15, 0.2) is 18.2 Å². The summed E-state index contributed by atoms with van der Waals surface area (Å²) < 4.78 is 18.3. The van der Waals surface area contributed by atoms with E-state index in [0.29, 0.717) is 12.5 Å². The first-order valence-corrected chi connectivity index (χ1v) is 5.53. The molecule has 17 heavy (non-hydrogen) atoms. The fourth-order valence-corrected chi connectivity index (χ4v) is 1.50. The standard InChI is InChI=1S/C13H17FN2O/c1-9(2)13(8-17-3)16-11-4-5-12(14)10(6-11)7-15/h4-6,9,13,16H,8H2,1-3H3. The van der Waals surface area contributed by atoms with Crippen molar-refractivity contribution in [2.45, 2.75) is 19.9 Å². The van der Waals surface area contributed by atoms with E-state index in [2.05, 4.69) is 19.2 Å². The van der Waals surface area contributed by atoms with E-state index in [0.717, 1.165) is 5.69 Å². The first-order chi connectivity index (χ1) is 8.08. The van der Waals surface area contributed by atoms with Crippen molar-refractivity contribution in [3.8, 4) is 6.07 Å². The minimum atomic E-state index is -0.495. The van der Waals surface area contributed by atoms with E-state index in [1.807, 2.05) is 6.07 Å². The van der Waals surface area contributed by atoms with Gasteiger partial charge in [0.25, 0.3) is 0 Å². The molecule has 0 aliphatic rings. The molecular weight excluding hydrogens is 219 g/mol. The van der Waals surface area contributed by atoms with Crippen molar-refractivity contribution in [1.82, 2.24) is 0 Å². The van der Waals surface area contributed by atoms with E-state index in [9.17, 15) is 4.39 Å². The quantitative estimate of drug-likeness (QED) is 0.855. The highest BCUT2D eigenvalue weighted by Gasteiger charge is 2.13. The molecule has 1 unspecified atom stereocenters. The molecule has 0 aromatic heterocycles. The average molecular weight is 236 g/mol. The minimum absolute atomic E-state index is 0.0509. The van der Waals surface area contributed by atoms with Crippen LogP contribution in [0.5, 0.6) is 0 Å². The molecule has 0 saturated carbocycles. The minimum Gasteiger partial charge on any atom is -0.383 e. The zero-order valence-corrected chi connectivity index (χ0v) is 10.3. The van der Waals surface area contributed by atoms with Crippen LogP contribution in [0.25, 0.3) is 0 Å². The maximum absolute atomic E-state index is 13.1. The molecule has 1 rings (SSSR count). The number of rotatable bonds is 5. The second-order valence-electron chi connectivity index (χ2n) is 4.26. The first kappa shape index (κ1) is 13.5. The third-order valence-corrected chi connectivity index (χ3v) is 2.59. The van der Waals surface area contributed by atoms with Crippen molar-refractivity contribution >= 4 is 5.69 Å². The van der Waals surface area contributed by atoms with Gasteiger partial charge in [0.15, 0.2) is 0 Å². The lowest BCUT2D eigenvalue weighted by Crippen LogP contribution is -2.30. The van der Waals surface area contributed by atoms with Crippen molar-refractivity contribution in [1.29, 1.82) is 5.26 Å². The largest absolute Gasteiger partial charge is 0.383 e. The van der Waals surface area contributed by atoms with E-state index in [1.54, 1.807) is 13.2 Å². The second-order valence-corrected chi connectivity index (χ2v) is 4.26. The molecule has 0 aliphatic carbocycles. The average Bonchev–Trinajstić information content (AvgIpc) is 2.30. The Kier molecular flexibility index (Phi) is 4.92. The smallest absolute Gasteiger partial charge is 0.141 e. The van der Waals surface area contributed by atoms with Gasteiger partial charge < -0.3 is 10.1 Å². The van der Waals surface area contributed by atoms with Crippen LogP contribution in [0, 0.1) is 23.1 Å². The summed E-state index contributed by atoms with van der Waals surface area (Å²) in [6.07, 6.45) is 0. The monoisotopic (exact) mass is 236 g/mol. The van der Waals surface area contributed by atoms with Crippen molar-refractivity contribution in [3.63, 3.8) is 0 Å². The van der Waals surface area contributed by atoms with Crippen LogP contribution in [0.4, 0.5) is 10.1 Å². The summed E-state index contributed by atoms with van der Waals surface area (Å²) in [5, 5.41) is 12.0. The predicted octanol–water partition coefficient (Wildman–Crippen LogP) is 2.78. The topological polar surface area (TPSA) is 45.0 Å². The highest BCUT2D eigenvalue weighted by Crippen LogP contribution is 2.17. The van der Waals surface area contributed by atoms with Crippen molar-refractivity contribution in [2.75, 3.05) is 19.0 Å². The number of anilines is 1. The summed E-state index contributed by atoms with van der Waals surface area (Å²) in [5.41, 5.74) is 0.786. The number of methoxy groups -OCH3 is 1. The Labute approximate surface area is 101 Å². The Hall–Kier alpha value is -1.60. The van der Waals surface area contributed by atoms with Crippen LogP contribution in [0.2, 0.25) is 0 Å². The Bertz CT molecular complexity index is 412. The zero-order chi connectivity index (χ0) is 12.8. The van der Waals surface area contributed by atoms with E-state index in [1.165, 1.54) is 12.1 Å². The summed E-state index contributed by atoms with van der Waals surface area (Å²) in [6.45, 7) is 4.72. The third kappa shape index (κ3) is 3.72. The Morgan fingerprint density at radius 3 is 2.71 bits per heavy atom. The summed E-state index contributed by atoms with van der Waals surface area (Å²) in [4.78, 5) is 0.